The minimum absolute atomic E-state index is 0.0371. The van der Waals surface area contributed by atoms with Crippen molar-refractivity contribution in [3.63, 3.8) is 0 Å². The van der Waals surface area contributed by atoms with Gasteiger partial charge in [0.1, 0.15) is 5.75 Å². The van der Waals surface area contributed by atoms with Crippen LogP contribution in [0, 0.1) is 0 Å². The third kappa shape index (κ3) is 5.59. The normalized spacial score (nSPS) is 12.3. The lowest BCUT2D eigenvalue weighted by Crippen LogP contribution is -2.19. The molecule has 0 saturated carbocycles. The molecule has 0 amide bonds. The molecule has 23 heavy (non-hydrogen) atoms. The van der Waals surface area contributed by atoms with Crippen LogP contribution < -0.4 is 4.74 Å². The molecule has 0 unspecified atom stereocenters. The largest absolute Gasteiger partial charge is 0.484 e. The molecule has 2 aromatic rings. The number of nitrogens with zero attached hydrogens (tertiary/aromatic N) is 2. The summed E-state index contributed by atoms with van der Waals surface area (Å²) in [5, 5.41) is 3.90. The SMILES string of the molecule is Cn1nccc1CS(=O)(=O)Cc1ccc(OCC(F)(F)F)cc1. The zero-order valence-corrected chi connectivity index (χ0v) is 13.1. The number of ether oxygens (including phenoxy) is 1. The first-order valence-electron chi connectivity index (χ1n) is 6.60. The molecule has 0 fully saturated rings. The number of benzene rings is 1. The number of alkyl halides is 3. The molecule has 0 spiro atoms. The van der Waals surface area contributed by atoms with Crippen LogP contribution in [-0.4, -0.2) is 31.0 Å². The average molecular weight is 348 g/mol. The van der Waals surface area contributed by atoms with Gasteiger partial charge >= 0.3 is 6.18 Å². The summed E-state index contributed by atoms with van der Waals surface area (Å²) in [7, 11) is -1.76. The highest BCUT2D eigenvalue weighted by molar-refractivity contribution is 7.89. The van der Waals surface area contributed by atoms with Gasteiger partial charge in [0.05, 0.1) is 17.2 Å². The number of aryl methyl sites for hydroxylation is 1. The smallest absolute Gasteiger partial charge is 0.422 e. The van der Waals surface area contributed by atoms with Gasteiger partial charge < -0.3 is 4.74 Å². The minimum Gasteiger partial charge on any atom is -0.484 e. The second-order valence-electron chi connectivity index (χ2n) is 5.03. The standard InChI is InChI=1S/C14H15F3N2O3S/c1-19-12(6-7-18-19)9-23(20,21)8-11-2-4-13(5-3-11)22-10-14(15,16)17/h2-7H,8-10H2,1H3. The van der Waals surface area contributed by atoms with Gasteiger partial charge in [0.2, 0.25) is 0 Å². The summed E-state index contributed by atoms with van der Waals surface area (Å²) in [6.07, 6.45) is -2.90. The third-order valence-electron chi connectivity index (χ3n) is 3.00. The van der Waals surface area contributed by atoms with E-state index in [0.29, 0.717) is 11.3 Å². The maximum absolute atomic E-state index is 12.1. The molecule has 0 atom stereocenters. The van der Waals surface area contributed by atoms with Crippen molar-refractivity contribution in [2.45, 2.75) is 17.7 Å². The zero-order chi connectivity index (χ0) is 17.1. The number of halogens is 3. The lowest BCUT2D eigenvalue weighted by molar-refractivity contribution is -0.153. The molecule has 1 aromatic carbocycles. The van der Waals surface area contributed by atoms with E-state index in [-0.39, 0.29) is 17.3 Å². The number of sulfone groups is 1. The molecule has 9 heteroatoms. The van der Waals surface area contributed by atoms with E-state index in [4.69, 9.17) is 0 Å². The molecule has 5 nitrogen and oxygen atoms in total. The van der Waals surface area contributed by atoms with Gasteiger partial charge in [-0.1, -0.05) is 12.1 Å². The van der Waals surface area contributed by atoms with Crippen molar-refractivity contribution < 1.29 is 26.3 Å². The summed E-state index contributed by atoms with van der Waals surface area (Å²) in [6, 6.07) is 7.13. The first-order chi connectivity index (χ1) is 10.6. The topological polar surface area (TPSA) is 61.2 Å². The van der Waals surface area contributed by atoms with E-state index in [2.05, 4.69) is 9.84 Å². The van der Waals surface area contributed by atoms with Crippen molar-refractivity contribution in [3.8, 4) is 5.75 Å². The van der Waals surface area contributed by atoms with Crippen LogP contribution >= 0.6 is 0 Å². The average Bonchev–Trinajstić information content (AvgIpc) is 2.81. The van der Waals surface area contributed by atoms with Crippen molar-refractivity contribution in [2.24, 2.45) is 7.05 Å². The van der Waals surface area contributed by atoms with E-state index in [1.807, 2.05) is 0 Å². The first kappa shape index (κ1) is 17.3. The lowest BCUT2D eigenvalue weighted by atomic mass is 10.2. The second kappa shape index (κ2) is 6.61. The van der Waals surface area contributed by atoms with Crippen LogP contribution in [0.25, 0.3) is 0 Å². The van der Waals surface area contributed by atoms with E-state index in [1.54, 1.807) is 13.1 Å². The highest BCUT2D eigenvalue weighted by Gasteiger charge is 2.28. The third-order valence-corrected chi connectivity index (χ3v) is 4.51. The molecule has 0 N–H and O–H groups in total. The molecular formula is C14H15F3N2O3S. The van der Waals surface area contributed by atoms with Crippen LogP contribution in [0.1, 0.15) is 11.3 Å². The summed E-state index contributed by atoms with van der Waals surface area (Å²) < 4.78 is 66.5. The minimum atomic E-state index is -4.41. The Morgan fingerprint density at radius 2 is 1.78 bits per heavy atom. The predicted molar refractivity (Wildman–Crippen MR) is 77.5 cm³/mol. The molecule has 0 aliphatic heterocycles. The monoisotopic (exact) mass is 348 g/mol. The van der Waals surface area contributed by atoms with Gasteiger partial charge in [-0.25, -0.2) is 8.42 Å². The van der Waals surface area contributed by atoms with Crippen LogP contribution in [-0.2, 0) is 28.4 Å². The van der Waals surface area contributed by atoms with Crippen molar-refractivity contribution in [2.75, 3.05) is 6.61 Å². The van der Waals surface area contributed by atoms with Crippen LogP contribution in [0.3, 0.4) is 0 Å². The summed E-state index contributed by atoms with van der Waals surface area (Å²) in [4.78, 5) is 0. The fraction of sp³-hybridized carbons (Fsp3) is 0.357. The maximum atomic E-state index is 12.1. The van der Waals surface area contributed by atoms with Crippen LogP contribution in [0.4, 0.5) is 13.2 Å². The summed E-state index contributed by atoms with van der Waals surface area (Å²) in [6.45, 7) is -1.38. The fourth-order valence-corrected chi connectivity index (χ4v) is 3.46. The van der Waals surface area contributed by atoms with E-state index in [0.717, 1.165) is 0 Å². The van der Waals surface area contributed by atoms with E-state index < -0.39 is 22.6 Å². The molecule has 0 aliphatic carbocycles. The lowest BCUT2D eigenvalue weighted by Gasteiger charge is -2.10. The molecule has 0 bridgehead atoms. The Kier molecular flexibility index (Phi) is 4.98. The Labute approximate surface area is 131 Å². The van der Waals surface area contributed by atoms with Crippen molar-refractivity contribution in [3.05, 3.63) is 47.8 Å². The zero-order valence-electron chi connectivity index (χ0n) is 12.2. The second-order valence-corrected chi connectivity index (χ2v) is 7.09. The molecule has 0 saturated heterocycles. The van der Waals surface area contributed by atoms with Crippen molar-refractivity contribution in [1.82, 2.24) is 9.78 Å². The molecule has 1 aromatic heterocycles. The van der Waals surface area contributed by atoms with Crippen molar-refractivity contribution >= 4 is 9.84 Å². The molecule has 126 valence electrons. The summed E-state index contributed by atoms with van der Waals surface area (Å²) in [5.41, 5.74) is 1.04. The molecule has 2 rings (SSSR count). The quantitative estimate of drug-likeness (QED) is 0.805. The van der Waals surface area contributed by atoms with Gasteiger partial charge in [-0.15, -0.1) is 0 Å². The Balaban J connectivity index is 1.98. The van der Waals surface area contributed by atoms with Crippen LogP contribution in [0.15, 0.2) is 36.5 Å². The molecule has 1 heterocycles. The van der Waals surface area contributed by atoms with Gasteiger partial charge in [0, 0.05) is 13.2 Å². The Hall–Kier alpha value is -2.03. The van der Waals surface area contributed by atoms with Gasteiger partial charge in [0.15, 0.2) is 16.4 Å². The molecular weight excluding hydrogens is 333 g/mol. The van der Waals surface area contributed by atoms with Gasteiger partial charge in [-0.05, 0) is 23.8 Å². The highest BCUT2D eigenvalue weighted by Crippen LogP contribution is 2.20. The number of hydrogen-bond donors (Lipinski definition) is 0. The first-order valence-corrected chi connectivity index (χ1v) is 8.42. The number of aromatic nitrogens is 2. The number of hydrogen-bond acceptors (Lipinski definition) is 4. The van der Waals surface area contributed by atoms with Crippen LogP contribution in [0.2, 0.25) is 0 Å². The maximum Gasteiger partial charge on any atom is 0.422 e. The van der Waals surface area contributed by atoms with E-state index in [9.17, 15) is 21.6 Å². The van der Waals surface area contributed by atoms with Crippen LogP contribution in [0.5, 0.6) is 5.75 Å². The predicted octanol–water partition coefficient (Wildman–Crippen LogP) is 2.48. The van der Waals surface area contributed by atoms with Gasteiger partial charge in [-0.3, -0.25) is 4.68 Å². The molecule has 0 radical (unpaired) electrons. The Morgan fingerprint density at radius 1 is 1.13 bits per heavy atom. The summed E-state index contributed by atoms with van der Waals surface area (Å²) >= 11 is 0. The summed E-state index contributed by atoms with van der Waals surface area (Å²) in [5.74, 6) is -0.330. The highest BCUT2D eigenvalue weighted by atomic mass is 32.2. The molecule has 0 aliphatic rings. The van der Waals surface area contributed by atoms with E-state index >= 15 is 0 Å². The van der Waals surface area contributed by atoms with E-state index in [1.165, 1.54) is 35.1 Å². The fourth-order valence-electron chi connectivity index (χ4n) is 1.92. The van der Waals surface area contributed by atoms with Gasteiger partial charge in [-0.2, -0.15) is 18.3 Å². The van der Waals surface area contributed by atoms with Crippen molar-refractivity contribution in [1.29, 1.82) is 0 Å². The van der Waals surface area contributed by atoms with Gasteiger partial charge in [0.25, 0.3) is 0 Å². The Morgan fingerprint density at radius 3 is 2.30 bits per heavy atom. The Bertz CT molecular complexity index is 752. The number of rotatable bonds is 6.